The third-order valence-electron chi connectivity index (χ3n) is 2.21. The number of hydrogen-bond acceptors (Lipinski definition) is 2. The summed E-state index contributed by atoms with van der Waals surface area (Å²) in [5.41, 5.74) is 7.94. The van der Waals surface area contributed by atoms with Crippen LogP contribution in [0.15, 0.2) is 53.4 Å². The molecule has 0 aliphatic rings. The quantitative estimate of drug-likeness (QED) is 0.651. The van der Waals surface area contributed by atoms with E-state index in [2.05, 4.69) is 12.1 Å². The van der Waals surface area contributed by atoms with E-state index >= 15 is 0 Å². The highest BCUT2D eigenvalue weighted by Crippen LogP contribution is 2.30. The summed E-state index contributed by atoms with van der Waals surface area (Å²) in [5.74, 6) is 0.908. The molecule has 1 nitrogen and oxygen atoms in total. The normalized spacial score (nSPS) is 10.3. The van der Waals surface area contributed by atoms with E-state index in [0.717, 1.165) is 21.4 Å². The van der Waals surface area contributed by atoms with Crippen LogP contribution >= 0.6 is 23.4 Å². The van der Waals surface area contributed by atoms with Crippen LogP contribution in [0.4, 0.5) is 5.69 Å². The van der Waals surface area contributed by atoms with Crippen molar-refractivity contribution in [2.45, 2.75) is 10.6 Å². The van der Waals surface area contributed by atoms with Crippen molar-refractivity contribution in [3.05, 3.63) is 59.1 Å². The van der Waals surface area contributed by atoms with E-state index in [4.69, 9.17) is 17.3 Å². The minimum Gasteiger partial charge on any atom is -0.398 e. The monoisotopic (exact) mass is 249 g/mol. The summed E-state index contributed by atoms with van der Waals surface area (Å²) in [6, 6.07) is 15.9. The molecule has 0 aromatic heterocycles. The fourth-order valence-electron chi connectivity index (χ4n) is 1.37. The Labute approximate surface area is 105 Å². The molecule has 0 saturated heterocycles. The lowest BCUT2D eigenvalue weighted by Crippen LogP contribution is -1.88. The van der Waals surface area contributed by atoms with Crippen molar-refractivity contribution in [2.24, 2.45) is 0 Å². The molecule has 0 unspecified atom stereocenters. The molecule has 0 radical (unpaired) electrons. The molecule has 16 heavy (non-hydrogen) atoms. The smallest absolute Gasteiger partial charge is 0.0453 e. The number of hydrogen-bond donors (Lipinski definition) is 1. The van der Waals surface area contributed by atoms with Gasteiger partial charge in [0.2, 0.25) is 0 Å². The molecule has 0 heterocycles. The summed E-state index contributed by atoms with van der Waals surface area (Å²) >= 11 is 7.63. The average Bonchev–Trinajstić information content (AvgIpc) is 2.32. The minimum atomic E-state index is 0.727. The van der Waals surface area contributed by atoms with Gasteiger partial charge in [-0.3, -0.25) is 0 Å². The first kappa shape index (κ1) is 11.4. The van der Waals surface area contributed by atoms with Crippen LogP contribution in [0.2, 0.25) is 5.02 Å². The maximum Gasteiger partial charge on any atom is 0.0453 e. The van der Waals surface area contributed by atoms with Gasteiger partial charge < -0.3 is 5.73 Å². The molecule has 0 fully saturated rings. The lowest BCUT2D eigenvalue weighted by Gasteiger charge is -2.05. The zero-order valence-corrected chi connectivity index (χ0v) is 10.3. The van der Waals surface area contributed by atoms with Crippen LogP contribution in [0.25, 0.3) is 0 Å². The Morgan fingerprint density at radius 3 is 2.56 bits per heavy atom. The van der Waals surface area contributed by atoms with Gasteiger partial charge in [-0.05, 0) is 23.8 Å². The first-order valence-corrected chi connectivity index (χ1v) is 6.34. The van der Waals surface area contributed by atoms with Gasteiger partial charge in [0.15, 0.2) is 0 Å². The molecule has 2 N–H and O–H groups in total. The van der Waals surface area contributed by atoms with E-state index < -0.39 is 0 Å². The second kappa shape index (κ2) is 5.28. The van der Waals surface area contributed by atoms with Gasteiger partial charge in [0.1, 0.15) is 0 Å². The van der Waals surface area contributed by atoms with Crippen molar-refractivity contribution in [3.8, 4) is 0 Å². The van der Waals surface area contributed by atoms with Crippen LogP contribution in [0.5, 0.6) is 0 Å². The highest BCUT2D eigenvalue weighted by Gasteiger charge is 2.01. The van der Waals surface area contributed by atoms with E-state index in [0.29, 0.717) is 0 Å². The van der Waals surface area contributed by atoms with E-state index in [1.54, 1.807) is 11.8 Å². The molecule has 2 aromatic carbocycles. The van der Waals surface area contributed by atoms with Crippen molar-refractivity contribution in [3.63, 3.8) is 0 Å². The minimum absolute atomic E-state index is 0.727. The highest BCUT2D eigenvalue weighted by molar-refractivity contribution is 7.98. The first-order valence-electron chi connectivity index (χ1n) is 4.97. The van der Waals surface area contributed by atoms with Crippen molar-refractivity contribution in [1.82, 2.24) is 0 Å². The number of rotatable bonds is 3. The molecular weight excluding hydrogens is 238 g/mol. The summed E-state index contributed by atoms with van der Waals surface area (Å²) in [7, 11) is 0. The van der Waals surface area contributed by atoms with Gasteiger partial charge in [-0.2, -0.15) is 0 Å². The van der Waals surface area contributed by atoms with Crippen LogP contribution in [-0.2, 0) is 5.75 Å². The van der Waals surface area contributed by atoms with Gasteiger partial charge in [-0.15, -0.1) is 11.8 Å². The van der Waals surface area contributed by atoms with Crippen molar-refractivity contribution in [1.29, 1.82) is 0 Å². The maximum atomic E-state index is 5.93. The van der Waals surface area contributed by atoms with Gasteiger partial charge >= 0.3 is 0 Å². The SMILES string of the molecule is Nc1ccc(Cl)cc1SCc1ccccc1. The van der Waals surface area contributed by atoms with Gasteiger partial charge in [0.05, 0.1) is 0 Å². The molecule has 0 atom stereocenters. The zero-order chi connectivity index (χ0) is 11.4. The van der Waals surface area contributed by atoms with E-state index in [1.165, 1.54) is 5.56 Å². The van der Waals surface area contributed by atoms with Crippen LogP contribution in [0.3, 0.4) is 0 Å². The lowest BCUT2D eigenvalue weighted by atomic mass is 10.2. The van der Waals surface area contributed by atoms with E-state index in [1.807, 2.05) is 36.4 Å². The van der Waals surface area contributed by atoms with Gasteiger partial charge in [-0.1, -0.05) is 41.9 Å². The number of anilines is 1. The summed E-state index contributed by atoms with van der Waals surface area (Å²) < 4.78 is 0. The van der Waals surface area contributed by atoms with E-state index in [-0.39, 0.29) is 0 Å². The summed E-state index contributed by atoms with van der Waals surface area (Å²) in [6.45, 7) is 0. The average molecular weight is 250 g/mol. The number of halogens is 1. The van der Waals surface area contributed by atoms with Crippen LogP contribution < -0.4 is 5.73 Å². The number of benzene rings is 2. The Morgan fingerprint density at radius 2 is 1.81 bits per heavy atom. The Hall–Kier alpha value is -1.12. The molecule has 0 bridgehead atoms. The third-order valence-corrected chi connectivity index (χ3v) is 3.59. The predicted molar refractivity (Wildman–Crippen MR) is 71.9 cm³/mol. The van der Waals surface area contributed by atoms with E-state index in [9.17, 15) is 0 Å². The largest absolute Gasteiger partial charge is 0.398 e. The summed E-state index contributed by atoms with van der Waals surface area (Å²) in [4.78, 5) is 1.04. The molecule has 2 rings (SSSR count). The topological polar surface area (TPSA) is 26.0 Å². The molecule has 82 valence electrons. The third kappa shape index (κ3) is 2.94. The summed E-state index contributed by atoms with van der Waals surface area (Å²) in [6.07, 6.45) is 0. The fourth-order valence-corrected chi connectivity index (χ4v) is 2.56. The molecule has 0 spiro atoms. The van der Waals surface area contributed by atoms with Gasteiger partial charge in [0.25, 0.3) is 0 Å². The first-order chi connectivity index (χ1) is 7.75. The number of nitrogens with two attached hydrogens (primary N) is 1. The maximum absolute atomic E-state index is 5.93. The molecule has 2 aromatic rings. The molecule has 0 aliphatic carbocycles. The number of thioether (sulfide) groups is 1. The van der Waals surface area contributed by atoms with Crippen molar-refractivity contribution in [2.75, 3.05) is 5.73 Å². The second-order valence-electron chi connectivity index (χ2n) is 3.46. The predicted octanol–water partition coefficient (Wildman–Crippen LogP) is 4.21. The Balaban J connectivity index is 2.08. The summed E-state index contributed by atoms with van der Waals surface area (Å²) in [5, 5.41) is 0.727. The standard InChI is InChI=1S/C13H12ClNS/c14-11-6-7-12(15)13(8-11)16-9-10-4-2-1-3-5-10/h1-8H,9,15H2. The fraction of sp³-hybridized carbons (Fsp3) is 0.0769. The van der Waals surface area contributed by atoms with Crippen molar-refractivity contribution >= 4 is 29.1 Å². The Kier molecular flexibility index (Phi) is 3.75. The molecule has 0 amide bonds. The molecule has 0 aliphatic heterocycles. The molecular formula is C13H12ClNS. The molecule has 0 saturated carbocycles. The van der Waals surface area contributed by atoms with Gasteiger partial charge in [-0.25, -0.2) is 0 Å². The number of nitrogen functional groups attached to an aromatic ring is 1. The van der Waals surface area contributed by atoms with Crippen molar-refractivity contribution < 1.29 is 0 Å². The highest BCUT2D eigenvalue weighted by atomic mass is 35.5. The van der Waals surface area contributed by atoms with Crippen LogP contribution in [0, 0.1) is 0 Å². The van der Waals surface area contributed by atoms with Gasteiger partial charge in [0, 0.05) is 21.4 Å². The Bertz CT molecular complexity index is 471. The van der Waals surface area contributed by atoms with Crippen LogP contribution in [0.1, 0.15) is 5.56 Å². The Morgan fingerprint density at radius 1 is 1.06 bits per heavy atom. The second-order valence-corrected chi connectivity index (χ2v) is 4.91. The van der Waals surface area contributed by atoms with Crippen LogP contribution in [-0.4, -0.2) is 0 Å². The molecule has 3 heteroatoms. The lowest BCUT2D eigenvalue weighted by molar-refractivity contribution is 1.38. The zero-order valence-electron chi connectivity index (χ0n) is 8.69.